The Bertz CT molecular complexity index is 1000. The number of anilines is 1. The topological polar surface area (TPSA) is 103 Å². The van der Waals surface area contributed by atoms with Crippen LogP contribution < -0.4 is 5.32 Å². The van der Waals surface area contributed by atoms with Crippen molar-refractivity contribution in [1.82, 2.24) is 9.29 Å². The molecule has 29 heavy (non-hydrogen) atoms. The third-order valence-corrected chi connectivity index (χ3v) is 7.13. The molecule has 0 aliphatic carbocycles. The summed E-state index contributed by atoms with van der Waals surface area (Å²) in [5.74, 6) is -0.360. The van der Waals surface area contributed by atoms with E-state index >= 15 is 0 Å². The van der Waals surface area contributed by atoms with Crippen LogP contribution in [0.2, 0.25) is 0 Å². The first kappa shape index (κ1) is 21.0. The standard InChI is InChI=1S/C21H24N4O3S/c1-21(2,15-22)17-5-7-18(8-6-17)24-20(26)16-9-12-25(13-10-16)29(27,28)19-4-3-11-23-14-19/h3-8,11,14,16H,9-10,12-13H2,1-2H3,(H,24,26). The molecule has 1 fully saturated rings. The van der Waals surface area contributed by atoms with E-state index in [1.807, 2.05) is 26.0 Å². The van der Waals surface area contributed by atoms with E-state index in [1.54, 1.807) is 18.2 Å². The van der Waals surface area contributed by atoms with E-state index in [9.17, 15) is 18.5 Å². The molecule has 0 bridgehead atoms. The monoisotopic (exact) mass is 412 g/mol. The first-order chi connectivity index (χ1) is 13.7. The summed E-state index contributed by atoms with van der Waals surface area (Å²) in [7, 11) is -3.58. The summed E-state index contributed by atoms with van der Waals surface area (Å²) in [4.78, 5) is 16.6. The molecule has 8 heteroatoms. The van der Waals surface area contributed by atoms with Crippen LogP contribution >= 0.6 is 0 Å². The van der Waals surface area contributed by atoms with Crippen molar-refractivity contribution in [2.45, 2.75) is 37.0 Å². The zero-order valence-corrected chi connectivity index (χ0v) is 17.3. The van der Waals surface area contributed by atoms with E-state index in [0.29, 0.717) is 31.6 Å². The average Bonchev–Trinajstić information content (AvgIpc) is 2.75. The van der Waals surface area contributed by atoms with Crippen molar-refractivity contribution < 1.29 is 13.2 Å². The number of sulfonamides is 1. The summed E-state index contributed by atoms with van der Waals surface area (Å²) in [6.07, 6.45) is 3.80. The number of rotatable bonds is 5. The van der Waals surface area contributed by atoms with E-state index in [2.05, 4.69) is 16.4 Å². The van der Waals surface area contributed by atoms with Crippen molar-refractivity contribution in [2.24, 2.45) is 5.92 Å². The molecule has 7 nitrogen and oxygen atoms in total. The maximum absolute atomic E-state index is 12.7. The molecule has 3 rings (SSSR count). The molecular weight excluding hydrogens is 388 g/mol. The molecule has 1 N–H and O–H groups in total. The van der Waals surface area contributed by atoms with Crippen molar-refractivity contribution in [2.75, 3.05) is 18.4 Å². The number of carbonyl (C=O) groups is 1. The number of nitrogens with zero attached hydrogens (tertiary/aromatic N) is 3. The lowest BCUT2D eigenvalue weighted by Crippen LogP contribution is -2.41. The zero-order chi connectivity index (χ0) is 21.1. The van der Waals surface area contributed by atoms with Crippen LogP contribution in [0.1, 0.15) is 32.3 Å². The second-order valence-electron chi connectivity index (χ2n) is 7.67. The highest BCUT2D eigenvalue weighted by atomic mass is 32.2. The average molecular weight is 413 g/mol. The number of hydrogen-bond donors (Lipinski definition) is 1. The summed E-state index contributed by atoms with van der Waals surface area (Å²) >= 11 is 0. The number of nitriles is 1. The fraction of sp³-hybridized carbons (Fsp3) is 0.381. The van der Waals surface area contributed by atoms with Gasteiger partial charge in [-0.1, -0.05) is 12.1 Å². The van der Waals surface area contributed by atoms with Gasteiger partial charge >= 0.3 is 0 Å². The minimum absolute atomic E-state index is 0.115. The number of pyridine rings is 1. The maximum Gasteiger partial charge on any atom is 0.244 e. The Hall–Kier alpha value is -2.76. The number of benzene rings is 1. The first-order valence-corrected chi connectivity index (χ1v) is 10.9. The summed E-state index contributed by atoms with van der Waals surface area (Å²) in [5.41, 5.74) is 0.958. The lowest BCUT2D eigenvalue weighted by atomic mass is 9.86. The fourth-order valence-electron chi connectivity index (χ4n) is 3.29. The van der Waals surface area contributed by atoms with Gasteiger partial charge in [-0.2, -0.15) is 9.57 Å². The predicted molar refractivity (Wildman–Crippen MR) is 109 cm³/mol. The largest absolute Gasteiger partial charge is 0.326 e. The van der Waals surface area contributed by atoms with Crippen molar-refractivity contribution in [1.29, 1.82) is 5.26 Å². The quantitative estimate of drug-likeness (QED) is 0.813. The van der Waals surface area contributed by atoms with Gasteiger partial charge in [-0.25, -0.2) is 8.42 Å². The molecule has 0 spiro atoms. The normalized spacial score (nSPS) is 16.2. The third kappa shape index (κ3) is 4.63. The van der Waals surface area contributed by atoms with E-state index in [-0.39, 0.29) is 16.7 Å². The highest BCUT2D eigenvalue weighted by Gasteiger charge is 2.32. The van der Waals surface area contributed by atoms with Crippen LogP contribution in [0.3, 0.4) is 0 Å². The van der Waals surface area contributed by atoms with Crippen LogP contribution in [0.15, 0.2) is 53.7 Å². The predicted octanol–water partition coefficient (Wildman–Crippen LogP) is 2.92. The lowest BCUT2D eigenvalue weighted by Gasteiger charge is -2.30. The molecule has 1 saturated heterocycles. The molecule has 0 unspecified atom stereocenters. The zero-order valence-electron chi connectivity index (χ0n) is 16.5. The van der Waals surface area contributed by atoms with Crippen LogP contribution in [0.4, 0.5) is 5.69 Å². The van der Waals surface area contributed by atoms with Crippen LogP contribution in [-0.2, 0) is 20.2 Å². The Morgan fingerprint density at radius 3 is 2.41 bits per heavy atom. The Morgan fingerprint density at radius 2 is 1.86 bits per heavy atom. The molecule has 0 saturated carbocycles. The van der Waals surface area contributed by atoms with Crippen LogP contribution in [0.5, 0.6) is 0 Å². The number of aromatic nitrogens is 1. The Labute approximate surface area is 171 Å². The number of nitrogens with one attached hydrogen (secondary N) is 1. The molecule has 152 valence electrons. The Morgan fingerprint density at radius 1 is 1.21 bits per heavy atom. The number of hydrogen-bond acceptors (Lipinski definition) is 5. The van der Waals surface area contributed by atoms with E-state index in [4.69, 9.17) is 0 Å². The van der Waals surface area contributed by atoms with Crippen molar-refractivity contribution >= 4 is 21.6 Å². The molecule has 2 aromatic rings. The summed E-state index contributed by atoms with van der Waals surface area (Å²) < 4.78 is 26.7. The molecule has 1 amide bonds. The molecule has 2 heterocycles. The van der Waals surface area contributed by atoms with Crippen molar-refractivity contribution in [3.8, 4) is 6.07 Å². The SMILES string of the molecule is CC(C)(C#N)c1ccc(NC(=O)C2CCN(S(=O)(=O)c3cccnc3)CC2)cc1. The number of amides is 1. The molecule has 1 aliphatic heterocycles. The van der Waals surface area contributed by atoms with E-state index < -0.39 is 15.4 Å². The highest BCUT2D eigenvalue weighted by Crippen LogP contribution is 2.26. The van der Waals surface area contributed by atoms with Gasteiger partial charge in [-0.15, -0.1) is 0 Å². The second-order valence-corrected chi connectivity index (χ2v) is 9.61. The van der Waals surface area contributed by atoms with Gasteiger partial charge in [0.25, 0.3) is 0 Å². The van der Waals surface area contributed by atoms with Crippen molar-refractivity contribution in [3.05, 3.63) is 54.4 Å². The van der Waals surface area contributed by atoms with Crippen LogP contribution in [-0.4, -0.2) is 36.7 Å². The summed E-state index contributed by atoms with van der Waals surface area (Å²) in [5, 5.41) is 12.1. The van der Waals surface area contributed by atoms with Gasteiger partial charge < -0.3 is 5.32 Å². The summed E-state index contributed by atoms with van der Waals surface area (Å²) in [6.45, 7) is 4.27. The van der Waals surface area contributed by atoms with Gasteiger partial charge in [0.05, 0.1) is 11.5 Å². The van der Waals surface area contributed by atoms with Gasteiger partial charge in [-0.3, -0.25) is 9.78 Å². The molecule has 1 aromatic carbocycles. The van der Waals surface area contributed by atoms with Gasteiger partial charge in [0, 0.05) is 37.1 Å². The van der Waals surface area contributed by atoms with E-state index in [1.165, 1.54) is 22.8 Å². The third-order valence-electron chi connectivity index (χ3n) is 5.25. The number of piperidine rings is 1. The fourth-order valence-corrected chi connectivity index (χ4v) is 4.72. The number of carbonyl (C=O) groups excluding carboxylic acids is 1. The first-order valence-electron chi connectivity index (χ1n) is 9.47. The van der Waals surface area contributed by atoms with Gasteiger partial charge in [0.2, 0.25) is 15.9 Å². The summed E-state index contributed by atoms with van der Waals surface area (Å²) in [6, 6.07) is 12.6. The van der Waals surface area contributed by atoms with Crippen molar-refractivity contribution in [3.63, 3.8) is 0 Å². The highest BCUT2D eigenvalue weighted by molar-refractivity contribution is 7.89. The van der Waals surface area contributed by atoms with Gasteiger partial charge in [-0.05, 0) is 56.5 Å². The Kier molecular flexibility index (Phi) is 6.01. The smallest absolute Gasteiger partial charge is 0.244 e. The van der Waals surface area contributed by atoms with Crippen LogP contribution in [0, 0.1) is 17.2 Å². The minimum atomic E-state index is -3.58. The van der Waals surface area contributed by atoms with Crippen LogP contribution in [0.25, 0.3) is 0 Å². The molecular formula is C21H24N4O3S. The molecule has 1 aliphatic rings. The molecule has 0 radical (unpaired) electrons. The van der Waals surface area contributed by atoms with E-state index in [0.717, 1.165) is 5.56 Å². The maximum atomic E-state index is 12.7. The molecule has 0 atom stereocenters. The van der Waals surface area contributed by atoms with Gasteiger partial charge in [0.1, 0.15) is 4.90 Å². The second kappa shape index (κ2) is 8.31. The van der Waals surface area contributed by atoms with Gasteiger partial charge in [0.15, 0.2) is 0 Å². The molecule has 1 aromatic heterocycles. The lowest BCUT2D eigenvalue weighted by molar-refractivity contribution is -0.120. The Balaban J connectivity index is 1.59. The minimum Gasteiger partial charge on any atom is -0.326 e.